The number of aliphatic carboxylic acids is 1. The first-order valence-corrected chi connectivity index (χ1v) is 4.74. The number of hydrogen-bond acceptors (Lipinski definition) is 3. The van der Waals surface area contributed by atoms with Gasteiger partial charge in [-0.05, 0) is 6.42 Å². The van der Waals surface area contributed by atoms with E-state index in [2.05, 4.69) is 0 Å². The standard InChI is InChI=1S/C9H15NO4/c1-2-7-6-14-4-3-10(7)8(11)5-9(12)13/h7H,2-6H2,1H3,(H,12,13). The summed E-state index contributed by atoms with van der Waals surface area (Å²) in [5, 5.41) is 8.49. The van der Waals surface area contributed by atoms with E-state index in [1.54, 1.807) is 4.90 Å². The molecule has 0 spiro atoms. The number of carbonyl (C=O) groups is 2. The minimum atomic E-state index is -1.07. The number of carboxylic acid groups (broad SMARTS) is 1. The van der Waals surface area contributed by atoms with Gasteiger partial charge in [-0.1, -0.05) is 6.92 Å². The lowest BCUT2D eigenvalue weighted by atomic mass is 10.1. The molecule has 0 saturated carbocycles. The second kappa shape index (κ2) is 4.95. The van der Waals surface area contributed by atoms with Gasteiger partial charge >= 0.3 is 5.97 Å². The quantitative estimate of drug-likeness (QED) is 0.657. The van der Waals surface area contributed by atoms with Crippen LogP contribution in [0.3, 0.4) is 0 Å². The average molecular weight is 201 g/mol. The van der Waals surface area contributed by atoms with Gasteiger partial charge in [-0.15, -0.1) is 0 Å². The van der Waals surface area contributed by atoms with Crippen molar-refractivity contribution in [3.05, 3.63) is 0 Å². The van der Waals surface area contributed by atoms with Crippen LogP contribution in [0, 0.1) is 0 Å². The van der Waals surface area contributed by atoms with E-state index in [4.69, 9.17) is 9.84 Å². The van der Waals surface area contributed by atoms with Crippen molar-refractivity contribution in [3.63, 3.8) is 0 Å². The van der Waals surface area contributed by atoms with Gasteiger partial charge in [0, 0.05) is 6.54 Å². The van der Waals surface area contributed by atoms with Gasteiger partial charge in [0.15, 0.2) is 0 Å². The fourth-order valence-corrected chi connectivity index (χ4v) is 1.55. The maximum absolute atomic E-state index is 11.5. The Bertz CT molecular complexity index is 229. The molecule has 1 fully saturated rings. The lowest BCUT2D eigenvalue weighted by molar-refractivity contribution is -0.148. The number of nitrogens with zero attached hydrogens (tertiary/aromatic N) is 1. The molecule has 0 aromatic heterocycles. The highest BCUT2D eigenvalue weighted by molar-refractivity contribution is 5.93. The normalized spacial score (nSPS) is 22.1. The van der Waals surface area contributed by atoms with Gasteiger partial charge in [0.1, 0.15) is 6.42 Å². The maximum Gasteiger partial charge on any atom is 0.312 e. The van der Waals surface area contributed by atoms with Crippen molar-refractivity contribution in [1.29, 1.82) is 0 Å². The van der Waals surface area contributed by atoms with Crippen molar-refractivity contribution >= 4 is 11.9 Å². The molecule has 1 unspecified atom stereocenters. The zero-order valence-electron chi connectivity index (χ0n) is 8.23. The molecule has 1 N–H and O–H groups in total. The van der Waals surface area contributed by atoms with Crippen molar-refractivity contribution in [1.82, 2.24) is 4.90 Å². The minimum absolute atomic E-state index is 0.0376. The van der Waals surface area contributed by atoms with Crippen LogP contribution in [0.2, 0.25) is 0 Å². The SMILES string of the molecule is CCC1COCCN1C(=O)CC(=O)O. The predicted molar refractivity (Wildman–Crippen MR) is 48.9 cm³/mol. The highest BCUT2D eigenvalue weighted by Gasteiger charge is 2.26. The van der Waals surface area contributed by atoms with Crippen LogP contribution < -0.4 is 0 Å². The molecule has 0 aromatic rings. The Hall–Kier alpha value is -1.10. The Morgan fingerprint density at radius 1 is 1.57 bits per heavy atom. The van der Waals surface area contributed by atoms with Crippen LogP contribution >= 0.6 is 0 Å². The van der Waals surface area contributed by atoms with E-state index < -0.39 is 12.4 Å². The first-order chi connectivity index (χ1) is 6.65. The Labute approximate surface area is 82.6 Å². The van der Waals surface area contributed by atoms with Crippen molar-refractivity contribution in [2.24, 2.45) is 0 Å². The molecule has 80 valence electrons. The Kier molecular flexibility index (Phi) is 3.88. The summed E-state index contributed by atoms with van der Waals surface area (Å²) in [5.41, 5.74) is 0. The molecule has 1 atom stereocenters. The molecule has 5 heteroatoms. The van der Waals surface area contributed by atoms with Gasteiger partial charge in [-0.2, -0.15) is 0 Å². The predicted octanol–water partition coefficient (Wildman–Crippen LogP) is 0.0985. The van der Waals surface area contributed by atoms with Crippen molar-refractivity contribution < 1.29 is 19.4 Å². The largest absolute Gasteiger partial charge is 0.481 e. The number of carboxylic acids is 1. The van der Waals surface area contributed by atoms with E-state index in [1.165, 1.54) is 0 Å². The summed E-state index contributed by atoms with van der Waals surface area (Å²) in [7, 11) is 0. The molecule has 0 radical (unpaired) electrons. The van der Waals surface area contributed by atoms with Gasteiger partial charge in [-0.25, -0.2) is 0 Å². The number of carbonyl (C=O) groups excluding carboxylic acids is 1. The van der Waals surface area contributed by atoms with Crippen LogP contribution in [0.15, 0.2) is 0 Å². The Morgan fingerprint density at radius 3 is 2.86 bits per heavy atom. The Balaban J connectivity index is 2.54. The molecule has 1 amide bonds. The third-order valence-corrected chi connectivity index (χ3v) is 2.32. The smallest absolute Gasteiger partial charge is 0.312 e. The Morgan fingerprint density at radius 2 is 2.29 bits per heavy atom. The van der Waals surface area contributed by atoms with Gasteiger partial charge in [0.25, 0.3) is 0 Å². The molecule has 1 saturated heterocycles. The van der Waals surface area contributed by atoms with Gasteiger partial charge in [0.2, 0.25) is 5.91 Å². The lowest BCUT2D eigenvalue weighted by Crippen LogP contribution is -2.48. The summed E-state index contributed by atoms with van der Waals surface area (Å²) in [6, 6.07) is 0.0376. The summed E-state index contributed by atoms with van der Waals surface area (Å²) in [5.74, 6) is -1.39. The molecular weight excluding hydrogens is 186 g/mol. The molecule has 0 bridgehead atoms. The monoisotopic (exact) mass is 201 g/mol. The highest BCUT2D eigenvalue weighted by Crippen LogP contribution is 2.11. The van der Waals surface area contributed by atoms with E-state index in [1.807, 2.05) is 6.92 Å². The van der Waals surface area contributed by atoms with Crippen LogP contribution in [-0.2, 0) is 14.3 Å². The highest BCUT2D eigenvalue weighted by atomic mass is 16.5. The zero-order chi connectivity index (χ0) is 10.6. The fourth-order valence-electron chi connectivity index (χ4n) is 1.55. The second-order valence-corrected chi connectivity index (χ2v) is 3.29. The molecule has 1 heterocycles. The third kappa shape index (κ3) is 2.70. The number of rotatable bonds is 3. The van der Waals surface area contributed by atoms with Crippen molar-refractivity contribution in [2.75, 3.05) is 19.8 Å². The van der Waals surface area contributed by atoms with Gasteiger partial charge in [0.05, 0.1) is 19.3 Å². The second-order valence-electron chi connectivity index (χ2n) is 3.29. The molecule has 1 rings (SSSR count). The average Bonchev–Trinajstić information content (AvgIpc) is 2.16. The van der Waals surface area contributed by atoms with Crippen molar-refractivity contribution in [2.45, 2.75) is 25.8 Å². The summed E-state index contributed by atoms with van der Waals surface area (Å²) in [6.07, 6.45) is 0.377. The first-order valence-electron chi connectivity index (χ1n) is 4.74. The summed E-state index contributed by atoms with van der Waals surface area (Å²) < 4.78 is 5.22. The van der Waals surface area contributed by atoms with Gasteiger partial charge in [-0.3, -0.25) is 9.59 Å². The number of ether oxygens (including phenoxy) is 1. The number of hydrogen-bond donors (Lipinski definition) is 1. The zero-order valence-corrected chi connectivity index (χ0v) is 8.23. The molecule has 0 aromatic carbocycles. The van der Waals surface area contributed by atoms with Crippen LogP contribution in [0.25, 0.3) is 0 Å². The van der Waals surface area contributed by atoms with Crippen LogP contribution in [0.4, 0.5) is 0 Å². The number of amides is 1. The molecule has 0 aliphatic carbocycles. The summed E-state index contributed by atoms with van der Waals surface area (Å²) >= 11 is 0. The van der Waals surface area contributed by atoms with Crippen LogP contribution in [0.1, 0.15) is 19.8 Å². The molecule has 1 aliphatic rings. The lowest BCUT2D eigenvalue weighted by Gasteiger charge is -2.34. The van der Waals surface area contributed by atoms with E-state index in [0.717, 1.165) is 6.42 Å². The van der Waals surface area contributed by atoms with E-state index in [-0.39, 0.29) is 11.9 Å². The molecular formula is C9H15NO4. The van der Waals surface area contributed by atoms with E-state index >= 15 is 0 Å². The van der Waals surface area contributed by atoms with E-state index in [0.29, 0.717) is 19.8 Å². The van der Waals surface area contributed by atoms with Crippen LogP contribution in [0.5, 0.6) is 0 Å². The van der Waals surface area contributed by atoms with Crippen LogP contribution in [-0.4, -0.2) is 47.7 Å². The van der Waals surface area contributed by atoms with E-state index in [9.17, 15) is 9.59 Å². The maximum atomic E-state index is 11.5. The third-order valence-electron chi connectivity index (χ3n) is 2.32. The molecule has 14 heavy (non-hydrogen) atoms. The molecule has 1 aliphatic heterocycles. The number of morpholine rings is 1. The topological polar surface area (TPSA) is 66.8 Å². The summed E-state index contributed by atoms with van der Waals surface area (Å²) in [6.45, 7) is 3.48. The molecule has 5 nitrogen and oxygen atoms in total. The van der Waals surface area contributed by atoms with Gasteiger partial charge < -0.3 is 14.7 Å². The van der Waals surface area contributed by atoms with Crippen molar-refractivity contribution in [3.8, 4) is 0 Å². The fraction of sp³-hybridized carbons (Fsp3) is 0.778. The summed E-state index contributed by atoms with van der Waals surface area (Å²) in [4.78, 5) is 23.4. The minimum Gasteiger partial charge on any atom is -0.481 e. The first kappa shape index (κ1) is 11.0.